The lowest BCUT2D eigenvalue weighted by Gasteiger charge is -2.29. The summed E-state index contributed by atoms with van der Waals surface area (Å²) in [4.78, 5) is 12.1. The van der Waals surface area contributed by atoms with E-state index in [9.17, 15) is 4.79 Å². The van der Waals surface area contributed by atoms with Crippen LogP contribution in [0.3, 0.4) is 0 Å². The molecular weight excluding hydrogens is 276 g/mol. The molecule has 4 N–H and O–H groups in total. The van der Waals surface area contributed by atoms with Crippen LogP contribution in [0.4, 0.5) is 0 Å². The Morgan fingerprint density at radius 2 is 1.86 bits per heavy atom. The Labute approximate surface area is 134 Å². The molecule has 1 aliphatic carbocycles. The van der Waals surface area contributed by atoms with Gasteiger partial charge in [-0.25, -0.2) is 0 Å². The highest BCUT2D eigenvalue weighted by molar-refractivity contribution is 6.37. The number of allylic oxidation sites excluding steroid dienone is 1. The standard InChI is InChI=1S/C17H32N4O/c1-12(18)11-19-21-13(2)16(22)20-15-8-6-7-14(9-10-15)17(3,4)5/h11,14-15,19H,6-10,18H2,1-5H3,(H,20,22)/b12-11+,21-13+. The lowest BCUT2D eigenvalue weighted by molar-refractivity contribution is -0.115. The quantitative estimate of drug-likeness (QED) is 0.424. The molecule has 0 aromatic heterocycles. The van der Waals surface area contributed by atoms with Gasteiger partial charge in [-0.2, -0.15) is 5.10 Å². The Morgan fingerprint density at radius 1 is 1.18 bits per heavy atom. The smallest absolute Gasteiger partial charge is 0.267 e. The van der Waals surface area contributed by atoms with Crippen molar-refractivity contribution in [3.63, 3.8) is 0 Å². The van der Waals surface area contributed by atoms with Crippen molar-refractivity contribution in [1.82, 2.24) is 10.7 Å². The SMILES string of the molecule is C/C(N)=C\N/N=C(\C)C(=O)NC1CCCC(C(C)(C)C)CC1. The van der Waals surface area contributed by atoms with Gasteiger partial charge in [0.1, 0.15) is 5.71 Å². The molecule has 0 heterocycles. The fraction of sp³-hybridized carbons (Fsp3) is 0.765. The molecule has 0 aromatic rings. The van der Waals surface area contributed by atoms with Gasteiger partial charge in [-0.05, 0) is 50.9 Å². The molecule has 0 spiro atoms. The van der Waals surface area contributed by atoms with Crippen LogP contribution < -0.4 is 16.5 Å². The number of nitrogens with zero attached hydrogens (tertiary/aromatic N) is 1. The van der Waals surface area contributed by atoms with Crippen LogP contribution in [-0.4, -0.2) is 17.7 Å². The van der Waals surface area contributed by atoms with E-state index in [0.29, 0.717) is 16.8 Å². The van der Waals surface area contributed by atoms with Gasteiger partial charge in [-0.3, -0.25) is 10.2 Å². The lowest BCUT2D eigenvalue weighted by Crippen LogP contribution is -2.38. The first-order valence-corrected chi connectivity index (χ1v) is 8.23. The Hall–Kier alpha value is -1.52. The van der Waals surface area contributed by atoms with Crippen molar-refractivity contribution < 1.29 is 4.79 Å². The first kappa shape index (κ1) is 18.5. The molecule has 2 unspecified atom stereocenters. The van der Waals surface area contributed by atoms with E-state index in [-0.39, 0.29) is 11.9 Å². The summed E-state index contributed by atoms with van der Waals surface area (Å²) in [5, 5.41) is 7.11. The summed E-state index contributed by atoms with van der Waals surface area (Å²) in [5.74, 6) is 0.637. The molecule has 0 bridgehead atoms. The Morgan fingerprint density at radius 3 is 2.45 bits per heavy atom. The third kappa shape index (κ3) is 6.50. The van der Waals surface area contributed by atoms with E-state index in [1.165, 1.54) is 19.3 Å². The number of rotatable bonds is 4. The van der Waals surface area contributed by atoms with Gasteiger partial charge in [0, 0.05) is 17.9 Å². The van der Waals surface area contributed by atoms with Gasteiger partial charge in [0.2, 0.25) is 0 Å². The zero-order valence-corrected chi connectivity index (χ0v) is 14.7. The minimum atomic E-state index is -0.102. The molecule has 5 nitrogen and oxygen atoms in total. The van der Waals surface area contributed by atoms with Crippen LogP contribution in [0.2, 0.25) is 0 Å². The van der Waals surface area contributed by atoms with Crippen molar-refractivity contribution in [2.24, 2.45) is 22.2 Å². The van der Waals surface area contributed by atoms with Crippen LogP contribution in [0.25, 0.3) is 0 Å². The molecule has 5 heteroatoms. The zero-order valence-electron chi connectivity index (χ0n) is 14.7. The minimum absolute atomic E-state index is 0.102. The first-order chi connectivity index (χ1) is 10.2. The number of nitrogens with one attached hydrogen (secondary N) is 2. The van der Waals surface area contributed by atoms with Crippen LogP contribution in [0.15, 0.2) is 17.0 Å². The van der Waals surface area contributed by atoms with Crippen LogP contribution in [-0.2, 0) is 4.79 Å². The summed E-state index contributed by atoms with van der Waals surface area (Å²) in [6.07, 6.45) is 7.28. The second-order valence-corrected chi connectivity index (χ2v) is 7.46. The maximum absolute atomic E-state index is 12.1. The topological polar surface area (TPSA) is 79.5 Å². The predicted octanol–water partition coefficient (Wildman–Crippen LogP) is 2.88. The largest absolute Gasteiger partial charge is 0.401 e. The molecule has 0 saturated heterocycles. The third-order valence-corrected chi connectivity index (χ3v) is 4.38. The van der Waals surface area contributed by atoms with Crippen molar-refractivity contribution in [2.75, 3.05) is 0 Å². The van der Waals surface area contributed by atoms with Gasteiger partial charge in [0.15, 0.2) is 0 Å². The summed E-state index contributed by atoms with van der Waals surface area (Å²) in [7, 11) is 0. The normalized spacial score (nSPS) is 24.6. The molecule has 22 heavy (non-hydrogen) atoms. The minimum Gasteiger partial charge on any atom is -0.401 e. The van der Waals surface area contributed by atoms with E-state index >= 15 is 0 Å². The second kappa shape index (κ2) is 8.20. The monoisotopic (exact) mass is 308 g/mol. The lowest BCUT2D eigenvalue weighted by atomic mass is 9.76. The summed E-state index contributed by atoms with van der Waals surface area (Å²) in [6.45, 7) is 10.4. The number of hydrogen-bond donors (Lipinski definition) is 3. The van der Waals surface area contributed by atoms with Gasteiger partial charge in [-0.15, -0.1) is 0 Å². The van der Waals surface area contributed by atoms with Crippen molar-refractivity contribution in [3.8, 4) is 0 Å². The molecule has 2 atom stereocenters. The van der Waals surface area contributed by atoms with Crippen LogP contribution >= 0.6 is 0 Å². The molecule has 0 radical (unpaired) electrons. The van der Waals surface area contributed by atoms with Gasteiger partial charge in [0.25, 0.3) is 5.91 Å². The van der Waals surface area contributed by atoms with Crippen molar-refractivity contribution in [2.45, 2.75) is 72.8 Å². The molecule has 0 aromatic carbocycles. The molecule has 1 aliphatic rings. The predicted molar refractivity (Wildman–Crippen MR) is 92.1 cm³/mol. The fourth-order valence-corrected chi connectivity index (χ4v) is 2.88. The third-order valence-electron chi connectivity index (χ3n) is 4.38. The zero-order chi connectivity index (χ0) is 16.8. The molecule has 0 aliphatic heterocycles. The van der Waals surface area contributed by atoms with E-state index in [1.807, 2.05) is 0 Å². The van der Waals surface area contributed by atoms with E-state index in [4.69, 9.17) is 5.73 Å². The fourth-order valence-electron chi connectivity index (χ4n) is 2.88. The second-order valence-electron chi connectivity index (χ2n) is 7.46. The van der Waals surface area contributed by atoms with Crippen LogP contribution in [0.1, 0.15) is 66.7 Å². The van der Waals surface area contributed by atoms with E-state index in [1.54, 1.807) is 20.0 Å². The number of nitrogens with two attached hydrogens (primary N) is 1. The van der Waals surface area contributed by atoms with E-state index in [2.05, 4.69) is 36.6 Å². The number of carbonyl (C=O) groups excluding carboxylic acids is 1. The molecule has 1 rings (SSSR count). The highest BCUT2D eigenvalue weighted by atomic mass is 16.2. The molecule has 1 saturated carbocycles. The van der Waals surface area contributed by atoms with Crippen molar-refractivity contribution in [1.29, 1.82) is 0 Å². The summed E-state index contributed by atoms with van der Waals surface area (Å²) < 4.78 is 0. The molecule has 126 valence electrons. The summed E-state index contributed by atoms with van der Waals surface area (Å²) in [5.41, 5.74) is 9.58. The average molecular weight is 308 g/mol. The van der Waals surface area contributed by atoms with E-state index in [0.717, 1.165) is 18.8 Å². The first-order valence-electron chi connectivity index (χ1n) is 8.23. The van der Waals surface area contributed by atoms with Gasteiger partial charge in [-0.1, -0.05) is 27.2 Å². The maximum atomic E-state index is 12.1. The molecule has 1 amide bonds. The van der Waals surface area contributed by atoms with Gasteiger partial charge >= 0.3 is 0 Å². The number of carbonyl (C=O) groups is 1. The Balaban J connectivity index is 2.49. The maximum Gasteiger partial charge on any atom is 0.267 e. The highest BCUT2D eigenvalue weighted by Gasteiger charge is 2.28. The average Bonchev–Trinajstić information content (AvgIpc) is 2.63. The summed E-state index contributed by atoms with van der Waals surface area (Å²) >= 11 is 0. The van der Waals surface area contributed by atoms with Crippen LogP contribution in [0.5, 0.6) is 0 Å². The van der Waals surface area contributed by atoms with Crippen molar-refractivity contribution in [3.05, 3.63) is 11.9 Å². The molecular formula is C17H32N4O. The highest BCUT2D eigenvalue weighted by Crippen LogP contribution is 2.36. The Kier molecular flexibility index (Phi) is 6.91. The van der Waals surface area contributed by atoms with E-state index < -0.39 is 0 Å². The van der Waals surface area contributed by atoms with Gasteiger partial charge in [0.05, 0.1) is 0 Å². The number of amides is 1. The summed E-state index contributed by atoms with van der Waals surface area (Å²) in [6, 6.07) is 0.261. The number of hydrogen-bond acceptors (Lipinski definition) is 4. The van der Waals surface area contributed by atoms with Gasteiger partial charge < -0.3 is 11.1 Å². The molecule has 1 fully saturated rings. The van der Waals surface area contributed by atoms with Crippen LogP contribution in [0, 0.1) is 11.3 Å². The number of hydrazone groups is 1. The Bertz CT molecular complexity index is 430. The van der Waals surface area contributed by atoms with Crippen molar-refractivity contribution >= 4 is 11.6 Å².